The molecule has 148 valence electrons. The highest BCUT2D eigenvalue weighted by molar-refractivity contribution is 6.03. The van der Waals surface area contributed by atoms with Crippen molar-refractivity contribution >= 4 is 29.7 Å². The van der Waals surface area contributed by atoms with Crippen molar-refractivity contribution in [2.75, 3.05) is 28.4 Å². The third-order valence-electron chi connectivity index (χ3n) is 2.89. The lowest BCUT2D eigenvalue weighted by Crippen LogP contribution is -2.23. The number of esters is 4. The number of methoxy groups -OCH3 is 4. The average molecular weight is 385 g/mol. The second kappa shape index (κ2) is 12.0. The number of hydrogen-bond acceptors (Lipinski definition) is 10. The molecule has 0 aromatic carbocycles. The van der Waals surface area contributed by atoms with Crippen molar-refractivity contribution in [3.63, 3.8) is 0 Å². The zero-order valence-corrected chi connectivity index (χ0v) is 15.2. The van der Waals surface area contributed by atoms with Gasteiger partial charge in [-0.2, -0.15) is 0 Å². The van der Waals surface area contributed by atoms with Crippen LogP contribution in [0, 0.1) is 0 Å². The number of carbonyl (C=O) groups excluding carboxylic acids is 5. The fraction of sp³-hybridized carbons (Fsp3) is 0.375. The predicted molar refractivity (Wildman–Crippen MR) is 88.0 cm³/mol. The van der Waals surface area contributed by atoms with Crippen LogP contribution >= 0.6 is 0 Å². The van der Waals surface area contributed by atoms with E-state index in [1.165, 1.54) is 26.6 Å². The summed E-state index contributed by atoms with van der Waals surface area (Å²) in [4.78, 5) is 68.0. The molecular formula is C16H19NO10. The van der Waals surface area contributed by atoms with Gasteiger partial charge < -0.3 is 23.9 Å². The molecule has 11 nitrogen and oxygen atoms in total. The normalized spacial score (nSPS) is 9.19. The number of ether oxygens (including phenoxy) is 4. The van der Waals surface area contributed by atoms with Crippen LogP contribution in [0.4, 0.5) is 0 Å². The number of aromatic nitrogens is 1. The summed E-state index contributed by atoms with van der Waals surface area (Å²) < 4.78 is 17.2. The van der Waals surface area contributed by atoms with Crippen LogP contribution in [0.5, 0.6) is 0 Å². The molecule has 0 fully saturated rings. The van der Waals surface area contributed by atoms with E-state index in [2.05, 4.69) is 23.9 Å². The first kappa shape index (κ1) is 23.5. The number of aromatic amines is 1. The Kier molecular flexibility index (Phi) is 10.4. The minimum absolute atomic E-state index is 0.236. The van der Waals surface area contributed by atoms with E-state index >= 15 is 0 Å². The second-order valence-corrected chi connectivity index (χ2v) is 4.64. The molecule has 1 rings (SSSR count). The molecule has 0 saturated carbocycles. The van der Waals surface area contributed by atoms with Gasteiger partial charge in [0.05, 0.1) is 28.4 Å². The molecule has 0 spiro atoms. The molecule has 0 bridgehead atoms. The molecule has 0 aliphatic carbocycles. The molecule has 1 aromatic heterocycles. The summed E-state index contributed by atoms with van der Waals surface area (Å²) in [5, 5.41) is 0. The number of hydrogen-bond donors (Lipinski definition) is 1. The van der Waals surface area contributed by atoms with Crippen LogP contribution in [-0.2, 0) is 33.3 Å². The minimum atomic E-state index is -0.804. The number of rotatable bonds is 6. The standard InChI is InChI=1S/C9H9NO5.C7H10O5/c1-14-8(12)5-3-10-4-6(7(5)11)9(13)15-2;1-11-6(9)3-5(8)4-7(10)12-2/h3-4H,1-2H3,(H,10,11);3-4H2,1-2H3. The second-order valence-electron chi connectivity index (χ2n) is 4.64. The molecule has 0 saturated heterocycles. The van der Waals surface area contributed by atoms with E-state index in [9.17, 15) is 28.8 Å². The van der Waals surface area contributed by atoms with Crippen LogP contribution in [0.2, 0.25) is 0 Å². The summed E-state index contributed by atoms with van der Waals surface area (Å²) >= 11 is 0. The fourth-order valence-corrected chi connectivity index (χ4v) is 1.54. The van der Waals surface area contributed by atoms with Gasteiger partial charge in [0.2, 0.25) is 5.43 Å². The van der Waals surface area contributed by atoms with Gasteiger partial charge in [0.25, 0.3) is 0 Å². The molecule has 0 aliphatic heterocycles. The van der Waals surface area contributed by atoms with Gasteiger partial charge in [-0.05, 0) is 0 Å². The van der Waals surface area contributed by atoms with E-state index in [1.807, 2.05) is 0 Å². The van der Waals surface area contributed by atoms with Gasteiger partial charge >= 0.3 is 23.9 Å². The molecule has 0 unspecified atom stereocenters. The predicted octanol–water partition coefficient (Wildman–Crippen LogP) is -0.370. The van der Waals surface area contributed by atoms with Crippen molar-refractivity contribution in [3.8, 4) is 0 Å². The zero-order chi connectivity index (χ0) is 21.0. The number of Topliss-reactive ketones (excluding diaryl/α,β-unsaturated/α-hetero) is 1. The quantitative estimate of drug-likeness (QED) is 0.389. The minimum Gasteiger partial charge on any atom is -0.469 e. The lowest BCUT2D eigenvalue weighted by atomic mass is 10.2. The maximum Gasteiger partial charge on any atom is 0.343 e. The lowest BCUT2D eigenvalue weighted by molar-refractivity contribution is -0.146. The number of pyridine rings is 1. The Balaban J connectivity index is 0.000000516. The first-order valence-electron chi connectivity index (χ1n) is 7.24. The van der Waals surface area contributed by atoms with Gasteiger partial charge in [0.15, 0.2) is 5.78 Å². The Morgan fingerprint density at radius 2 is 1.11 bits per heavy atom. The van der Waals surface area contributed by atoms with Gasteiger partial charge in [-0.25, -0.2) is 9.59 Å². The van der Waals surface area contributed by atoms with E-state index < -0.39 is 35.1 Å². The Hall–Kier alpha value is -3.50. The number of H-pyrrole nitrogens is 1. The highest BCUT2D eigenvalue weighted by Crippen LogP contribution is 1.98. The Bertz CT molecular complexity index is 707. The first-order valence-corrected chi connectivity index (χ1v) is 7.24. The third-order valence-corrected chi connectivity index (χ3v) is 2.89. The largest absolute Gasteiger partial charge is 0.469 e. The van der Waals surface area contributed by atoms with Crippen molar-refractivity contribution < 1.29 is 42.9 Å². The smallest absolute Gasteiger partial charge is 0.343 e. The van der Waals surface area contributed by atoms with Crippen molar-refractivity contribution in [3.05, 3.63) is 33.7 Å². The summed E-state index contributed by atoms with van der Waals surface area (Å²) in [6.07, 6.45) is 1.57. The Morgan fingerprint density at radius 3 is 1.41 bits per heavy atom. The summed E-state index contributed by atoms with van der Waals surface area (Å²) in [6.45, 7) is 0. The number of ketones is 1. The zero-order valence-electron chi connectivity index (χ0n) is 15.2. The van der Waals surface area contributed by atoms with Crippen molar-refractivity contribution in [1.82, 2.24) is 4.98 Å². The summed E-state index contributed by atoms with van der Waals surface area (Å²) in [6, 6.07) is 0. The highest BCUT2D eigenvalue weighted by atomic mass is 16.5. The van der Waals surface area contributed by atoms with Crippen LogP contribution in [0.1, 0.15) is 33.6 Å². The molecule has 1 heterocycles. The van der Waals surface area contributed by atoms with Crippen LogP contribution < -0.4 is 5.43 Å². The summed E-state index contributed by atoms with van der Waals surface area (Å²) in [5.74, 6) is -3.41. The molecular weight excluding hydrogens is 366 g/mol. The Labute approximate surface area is 153 Å². The van der Waals surface area contributed by atoms with Crippen LogP contribution in [-0.4, -0.2) is 63.1 Å². The van der Waals surface area contributed by atoms with Crippen LogP contribution in [0.25, 0.3) is 0 Å². The molecule has 11 heteroatoms. The maximum absolute atomic E-state index is 11.5. The average Bonchev–Trinajstić information content (AvgIpc) is 2.66. The number of nitrogens with one attached hydrogen (secondary N) is 1. The van der Waals surface area contributed by atoms with E-state index in [1.54, 1.807) is 0 Å². The van der Waals surface area contributed by atoms with E-state index in [4.69, 9.17) is 0 Å². The molecule has 1 aromatic rings. The van der Waals surface area contributed by atoms with Crippen LogP contribution in [0.3, 0.4) is 0 Å². The topological polar surface area (TPSA) is 155 Å². The van der Waals surface area contributed by atoms with Gasteiger partial charge in [0.1, 0.15) is 24.0 Å². The van der Waals surface area contributed by atoms with Gasteiger partial charge in [-0.15, -0.1) is 0 Å². The lowest BCUT2D eigenvalue weighted by Gasteiger charge is -2.01. The molecule has 0 atom stereocenters. The molecule has 0 amide bonds. The van der Waals surface area contributed by atoms with Crippen molar-refractivity contribution in [1.29, 1.82) is 0 Å². The summed E-state index contributed by atoms with van der Waals surface area (Å²) in [5.41, 5.74) is -1.19. The Morgan fingerprint density at radius 1 is 0.741 bits per heavy atom. The summed E-state index contributed by atoms with van der Waals surface area (Å²) in [7, 11) is 4.64. The van der Waals surface area contributed by atoms with E-state index in [-0.39, 0.29) is 24.0 Å². The van der Waals surface area contributed by atoms with Crippen LogP contribution in [0.15, 0.2) is 17.2 Å². The van der Waals surface area contributed by atoms with E-state index in [0.717, 1.165) is 14.2 Å². The molecule has 0 radical (unpaired) electrons. The third kappa shape index (κ3) is 7.94. The monoisotopic (exact) mass is 385 g/mol. The van der Waals surface area contributed by atoms with Crippen molar-refractivity contribution in [2.24, 2.45) is 0 Å². The molecule has 1 N–H and O–H groups in total. The molecule has 27 heavy (non-hydrogen) atoms. The fourth-order valence-electron chi connectivity index (χ4n) is 1.54. The first-order chi connectivity index (χ1) is 12.7. The van der Waals surface area contributed by atoms with E-state index in [0.29, 0.717) is 0 Å². The molecule has 0 aliphatic rings. The van der Waals surface area contributed by atoms with Gasteiger partial charge in [-0.3, -0.25) is 19.2 Å². The van der Waals surface area contributed by atoms with Crippen molar-refractivity contribution in [2.45, 2.75) is 12.8 Å². The SMILES string of the molecule is COC(=O)CC(=O)CC(=O)OC.COC(=O)c1c[nH]cc(C(=O)OC)c1=O. The van der Waals surface area contributed by atoms with Gasteiger partial charge in [-0.1, -0.05) is 0 Å². The highest BCUT2D eigenvalue weighted by Gasteiger charge is 2.18. The number of carbonyl (C=O) groups is 5. The van der Waals surface area contributed by atoms with Gasteiger partial charge in [0, 0.05) is 12.4 Å². The maximum atomic E-state index is 11.5.